The van der Waals surface area contributed by atoms with Crippen molar-refractivity contribution in [2.24, 2.45) is 5.10 Å². The third-order valence-electron chi connectivity index (χ3n) is 4.92. The molecule has 0 aliphatic heterocycles. The highest BCUT2D eigenvalue weighted by Gasteiger charge is 2.17. The van der Waals surface area contributed by atoms with E-state index in [0.29, 0.717) is 17.6 Å². The van der Waals surface area contributed by atoms with E-state index in [4.69, 9.17) is 9.47 Å². The van der Waals surface area contributed by atoms with E-state index in [1.807, 2.05) is 90.4 Å². The molecule has 1 aromatic heterocycles. The van der Waals surface area contributed by atoms with Crippen LogP contribution in [0.5, 0.6) is 11.5 Å². The summed E-state index contributed by atoms with van der Waals surface area (Å²) in [6, 6.07) is 24.9. The summed E-state index contributed by atoms with van der Waals surface area (Å²) in [6.45, 7) is 2.55. The van der Waals surface area contributed by atoms with Gasteiger partial charge in [-0.1, -0.05) is 42.1 Å². The molecule has 1 heterocycles. The molecular formula is C26H25N5O3S. The van der Waals surface area contributed by atoms with Gasteiger partial charge in [0.15, 0.2) is 11.0 Å². The Labute approximate surface area is 208 Å². The fourth-order valence-electron chi connectivity index (χ4n) is 3.26. The van der Waals surface area contributed by atoms with Crippen molar-refractivity contribution in [3.8, 4) is 28.6 Å². The lowest BCUT2D eigenvalue weighted by Gasteiger charge is -2.11. The lowest BCUT2D eigenvalue weighted by Crippen LogP contribution is -2.20. The number of hydrogen-bond acceptors (Lipinski definition) is 7. The monoisotopic (exact) mass is 487 g/mol. The van der Waals surface area contributed by atoms with E-state index in [9.17, 15) is 4.79 Å². The molecule has 35 heavy (non-hydrogen) atoms. The van der Waals surface area contributed by atoms with Crippen molar-refractivity contribution in [2.45, 2.75) is 12.1 Å². The number of carbonyl (C=O) groups is 1. The number of ether oxygens (including phenoxy) is 2. The molecule has 0 radical (unpaired) electrons. The average Bonchev–Trinajstić information content (AvgIpc) is 3.33. The van der Waals surface area contributed by atoms with Gasteiger partial charge in [-0.25, -0.2) is 5.43 Å². The number of benzene rings is 3. The molecule has 0 saturated heterocycles. The van der Waals surface area contributed by atoms with E-state index in [1.54, 1.807) is 13.3 Å². The highest BCUT2D eigenvalue weighted by Crippen LogP contribution is 2.28. The first kappa shape index (κ1) is 24.0. The Kier molecular flexibility index (Phi) is 8.13. The van der Waals surface area contributed by atoms with Crippen molar-refractivity contribution >= 4 is 23.9 Å². The number of aromatic nitrogens is 3. The van der Waals surface area contributed by atoms with Gasteiger partial charge in [0.1, 0.15) is 11.5 Å². The summed E-state index contributed by atoms with van der Waals surface area (Å²) in [5.74, 6) is 2.11. The SMILES string of the molecule is CCOc1ccc(/C=N/NC(=O)CSc2nnc(-c3ccccc3)n2-c2ccc(OC)cc2)cc1. The van der Waals surface area contributed by atoms with Crippen LogP contribution >= 0.6 is 11.8 Å². The summed E-state index contributed by atoms with van der Waals surface area (Å²) in [7, 11) is 1.63. The van der Waals surface area contributed by atoms with Crippen molar-refractivity contribution in [3.05, 3.63) is 84.4 Å². The zero-order valence-corrected chi connectivity index (χ0v) is 20.2. The van der Waals surface area contributed by atoms with Crippen LogP contribution in [0.15, 0.2) is 89.1 Å². The van der Waals surface area contributed by atoms with Crippen LogP contribution in [-0.4, -0.2) is 46.4 Å². The fourth-order valence-corrected chi connectivity index (χ4v) is 4.00. The number of hydrazone groups is 1. The second-order valence-electron chi connectivity index (χ2n) is 7.29. The molecule has 0 atom stereocenters. The van der Waals surface area contributed by atoms with Crippen LogP contribution in [0.3, 0.4) is 0 Å². The minimum atomic E-state index is -0.247. The molecule has 0 spiro atoms. The number of rotatable bonds is 10. The Morgan fingerprint density at radius 1 is 1.00 bits per heavy atom. The zero-order valence-electron chi connectivity index (χ0n) is 19.4. The third kappa shape index (κ3) is 6.27. The molecule has 9 heteroatoms. The van der Waals surface area contributed by atoms with Gasteiger partial charge in [-0.15, -0.1) is 10.2 Å². The van der Waals surface area contributed by atoms with Crippen LogP contribution in [0, 0.1) is 0 Å². The smallest absolute Gasteiger partial charge is 0.250 e. The minimum Gasteiger partial charge on any atom is -0.497 e. The van der Waals surface area contributed by atoms with Gasteiger partial charge in [0.2, 0.25) is 0 Å². The first-order valence-electron chi connectivity index (χ1n) is 11.0. The summed E-state index contributed by atoms with van der Waals surface area (Å²) >= 11 is 1.28. The van der Waals surface area contributed by atoms with E-state index < -0.39 is 0 Å². The zero-order chi connectivity index (χ0) is 24.5. The molecule has 1 amide bonds. The molecule has 4 rings (SSSR count). The van der Waals surface area contributed by atoms with Crippen molar-refractivity contribution in [1.29, 1.82) is 0 Å². The van der Waals surface area contributed by atoms with Crippen LogP contribution in [0.25, 0.3) is 17.1 Å². The summed E-state index contributed by atoms with van der Waals surface area (Å²) in [6.07, 6.45) is 1.59. The maximum Gasteiger partial charge on any atom is 0.250 e. The van der Waals surface area contributed by atoms with E-state index in [2.05, 4.69) is 20.7 Å². The predicted molar refractivity (Wildman–Crippen MR) is 137 cm³/mol. The molecular weight excluding hydrogens is 462 g/mol. The fraction of sp³-hybridized carbons (Fsp3) is 0.154. The second-order valence-corrected chi connectivity index (χ2v) is 8.23. The minimum absolute atomic E-state index is 0.129. The molecule has 0 saturated carbocycles. The lowest BCUT2D eigenvalue weighted by atomic mass is 10.2. The summed E-state index contributed by atoms with van der Waals surface area (Å²) < 4.78 is 12.6. The molecule has 3 aromatic carbocycles. The van der Waals surface area contributed by atoms with Crippen LogP contribution in [0.4, 0.5) is 0 Å². The largest absolute Gasteiger partial charge is 0.497 e. The maximum absolute atomic E-state index is 12.4. The summed E-state index contributed by atoms with van der Waals surface area (Å²) in [4.78, 5) is 12.4. The van der Waals surface area contributed by atoms with Gasteiger partial charge in [-0.05, 0) is 61.0 Å². The molecule has 178 valence electrons. The number of methoxy groups -OCH3 is 1. The van der Waals surface area contributed by atoms with Gasteiger partial charge >= 0.3 is 0 Å². The number of hydrogen-bond donors (Lipinski definition) is 1. The first-order valence-corrected chi connectivity index (χ1v) is 12.0. The summed E-state index contributed by atoms with van der Waals surface area (Å²) in [5, 5.41) is 13.4. The molecule has 0 fully saturated rings. The molecule has 0 unspecified atom stereocenters. The Bertz CT molecular complexity index is 1270. The molecule has 1 N–H and O–H groups in total. The van der Waals surface area contributed by atoms with Crippen molar-refractivity contribution in [2.75, 3.05) is 19.5 Å². The van der Waals surface area contributed by atoms with Crippen molar-refractivity contribution in [3.63, 3.8) is 0 Å². The first-order chi connectivity index (χ1) is 17.2. The quantitative estimate of drug-likeness (QED) is 0.200. The molecule has 0 bridgehead atoms. The Hall–Kier alpha value is -4.11. The Morgan fingerprint density at radius 2 is 1.71 bits per heavy atom. The number of carbonyl (C=O) groups excluding carboxylic acids is 1. The molecule has 0 aliphatic rings. The van der Waals surface area contributed by atoms with Crippen LogP contribution in [-0.2, 0) is 4.79 Å². The van der Waals surface area contributed by atoms with Gasteiger partial charge in [0, 0.05) is 11.3 Å². The predicted octanol–water partition coefficient (Wildman–Crippen LogP) is 4.58. The molecule has 8 nitrogen and oxygen atoms in total. The highest BCUT2D eigenvalue weighted by molar-refractivity contribution is 7.99. The Morgan fingerprint density at radius 3 is 2.40 bits per heavy atom. The maximum atomic E-state index is 12.4. The average molecular weight is 488 g/mol. The summed E-state index contributed by atoms with van der Waals surface area (Å²) in [5.41, 5.74) is 5.20. The van der Waals surface area contributed by atoms with Gasteiger partial charge in [0.05, 0.1) is 25.7 Å². The van der Waals surface area contributed by atoms with E-state index in [1.165, 1.54) is 11.8 Å². The number of nitrogens with zero attached hydrogens (tertiary/aromatic N) is 4. The highest BCUT2D eigenvalue weighted by atomic mass is 32.2. The van der Waals surface area contributed by atoms with Crippen LogP contribution < -0.4 is 14.9 Å². The van der Waals surface area contributed by atoms with E-state index in [0.717, 1.165) is 28.3 Å². The second kappa shape index (κ2) is 11.8. The topological polar surface area (TPSA) is 90.6 Å². The van der Waals surface area contributed by atoms with Gasteiger partial charge < -0.3 is 9.47 Å². The lowest BCUT2D eigenvalue weighted by molar-refractivity contribution is -0.118. The van der Waals surface area contributed by atoms with Crippen molar-refractivity contribution in [1.82, 2.24) is 20.2 Å². The number of thioether (sulfide) groups is 1. The van der Waals surface area contributed by atoms with Crippen LogP contribution in [0.1, 0.15) is 12.5 Å². The Balaban J connectivity index is 1.45. The van der Waals surface area contributed by atoms with Gasteiger partial charge in [0.25, 0.3) is 5.91 Å². The third-order valence-corrected chi connectivity index (χ3v) is 5.85. The molecule has 4 aromatic rings. The van der Waals surface area contributed by atoms with E-state index >= 15 is 0 Å². The molecule has 0 aliphatic carbocycles. The number of nitrogens with one attached hydrogen (secondary N) is 1. The standard InChI is InChI=1S/C26H25N5O3S/c1-3-34-23-13-9-19(10-14-23)17-27-28-24(32)18-35-26-30-29-25(20-7-5-4-6-8-20)31(26)21-11-15-22(33-2)16-12-21/h4-17H,3,18H2,1-2H3,(H,28,32)/b27-17+. The normalized spacial score (nSPS) is 10.9. The number of amides is 1. The van der Waals surface area contributed by atoms with Crippen molar-refractivity contribution < 1.29 is 14.3 Å². The van der Waals surface area contributed by atoms with Gasteiger partial charge in [-0.3, -0.25) is 9.36 Å². The van der Waals surface area contributed by atoms with Gasteiger partial charge in [-0.2, -0.15) is 5.10 Å². The van der Waals surface area contributed by atoms with E-state index in [-0.39, 0.29) is 11.7 Å². The van der Waals surface area contributed by atoms with Crippen LogP contribution in [0.2, 0.25) is 0 Å².